The van der Waals surface area contributed by atoms with E-state index in [1.54, 1.807) is 0 Å². The van der Waals surface area contributed by atoms with E-state index in [4.69, 9.17) is 4.98 Å². The molecule has 1 heterocycles. The summed E-state index contributed by atoms with van der Waals surface area (Å²) < 4.78 is 0. The maximum atomic E-state index is 10.7. The van der Waals surface area contributed by atoms with Crippen LogP contribution < -0.4 is 5.32 Å². The van der Waals surface area contributed by atoms with Gasteiger partial charge >= 0.3 is 0 Å². The lowest BCUT2D eigenvalue weighted by atomic mass is 9.74. The van der Waals surface area contributed by atoms with Crippen LogP contribution in [0, 0.1) is 5.41 Å². The minimum Gasteiger partial charge on any atom is -0.388 e. The fraction of sp³-hybridized carbons (Fsp3) is 0.526. The first kappa shape index (κ1) is 15.3. The van der Waals surface area contributed by atoms with Crippen LogP contribution in [0.5, 0.6) is 0 Å². The van der Waals surface area contributed by atoms with E-state index in [0.29, 0.717) is 0 Å². The highest BCUT2D eigenvalue weighted by atomic mass is 16.3. The number of nitrogens with one attached hydrogen (secondary N) is 1. The second kappa shape index (κ2) is 5.88. The summed E-state index contributed by atoms with van der Waals surface area (Å²) in [5, 5.41) is 15.4. The first-order chi connectivity index (χ1) is 10.5. The first-order valence-corrected chi connectivity index (χ1v) is 8.35. The van der Waals surface area contributed by atoms with Gasteiger partial charge in [-0.25, -0.2) is 0 Å². The Morgan fingerprint density at radius 1 is 1.32 bits per heavy atom. The van der Waals surface area contributed by atoms with Gasteiger partial charge in [0.2, 0.25) is 0 Å². The number of unbranched alkanes of at least 4 members (excludes halogenated alkanes) is 1. The molecule has 2 aromatic rings. The highest BCUT2D eigenvalue weighted by Crippen LogP contribution is 2.44. The van der Waals surface area contributed by atoms with E-state index in [1.807, 2.05) is 12.1 Å². The van der Waals surface area contributed by atoms with Crippen LogP contribution in [0.4, 0.5) is 5.69 Å². The van der Waals surface area contributed by atoms with Gasteiger partial charge in [0.25, 0.3) is 0 Å². The van der Waals surface area contributed by atoms with Crippen molar-refractivity contribution in [3.05, 3.63) is 35.5 Å². The molecule has 22 heavy (non-hydrogen) atoms. The van der Waals surface area contributed by atoms with Gasteiger partial charge in [0.15, 0.2) is 0 Å². The lowest BCUT2D eigenvalue weighted by Crippen LogP contribution is -2.27. The van der Waals surface area contributed by atoms with Gasteiger partial charge in [0.1, 0.15) is 0 Å². The topological polar surface area (TPSA) is 45.2 Å². The highest BCUT2D eigenvalue weighted by molar-refractivity contribution is 5.93. The van der Waals surface area contributed by atoms with Crippen molar-refractivity contribution >= 4 is 16.6 Å². The van der Waals surface area contributed by atoms with Gasteiger partial charge in [-0.2, -0.15) is 0 Å². The number of fused-ring (bicyclic) bond motifs is 2. The standard InChI is InChI=1S/C19H26N2O/c1-4-5-10-20-18-13-8-6-7-9-14(13)21-15-11-19(2,3)12-16(22)17(15)18/h6-9,16,22H,4-5,10-12H2,1-3H3,(H,20,21). The molecule has 2 N–H and O–H groups in total. The van der Waals surface area contributed by atoms with Crippen molar-refractivity contribution in [1.82, 2.24) is 4.98 Å². The molecule has 0 radical (unpaired) electrons. The highest BCUT2D eigenvalue weighted by Gasteiger charge is 2.34. The summed E-state index contributed by atoms with van der Waals surface area (Å²) in [5.74, 6) is 0. The van der Waals surface area contributed by atoms with E-state index < -0.39 is 6.10 Å². The molecular weight excluding hydrogens is 272 g/mol. The van der Waals surface area contributed by atoms with Crippen LogP contribution in [0.3, 0.4) is 0 Å². The summed E-state index contributed by atoms with van der Waals surface area (Å²) in [6, 6.07) is 8.24. The Bertz CT molecular complexity index is 678. The van der Waals surface area contributed by atoms with Crippen LogP contribution in [-0.4, -0.2) is 16.6 Å². The van der Waals surface area contributed by atoms with Crippen LogP contribution >= 0.6 is 0 Å². The summed E-state index contributed by atoms with van der Waals surface area (Å²) >= 11 is 0. The molecule has 0 aliphatic heterocycles. The van der Waals surface area contributed by atoms with Crippen LogP contribution in [0.25, 0.3) is 10.9 Å². The lowest BCUT2D eigenvalue weighted by molar-refractivity contribution is 0.0991. The van der Waals surface area contributed by atoms with E-state index in [1.165, 1.54) is 0 Å². The molecule has 1 aliphatic rings. The molecule has 0 amide bonds. The summed E-state index contributed by atoms with van der Waals surface area (Å²) in [4.78, 5) is 4.85. The summed E-state index contributed by atoms with van der Waals surface area (Å²) in [7, 11) is 0. The number of para-hydroxylation sites is 1. The molecule has 1 aliphatic carbocycles. The molecule has 3 heteroatoms. The smallest absolute Gasteiger partial charge is 0.0833 e. The maximum absolute atomic E-state index is 10.7. The number of pyridine rings is 1. The number of benzene rings is 1. The molecule has 0 fully saturated rings. The minimum atomic E-state index is -0.431. The van der Waals surface area contributed by atoms with Crippen LogP contribution in [0.2, 0.25) is 0 Å². The molecule has 1 aromatic heterocycles. The number of aromatic nitrogens is 1. The predicted molar refractivity (Wildman–Crippen MR) is 92.2 cm³/mol. The van der Waals surface area contributed by atoms with Crippen molar-refractivity contribution in [2.24, 2.45) is 5.41 Å². The molecule has 3 rings (SSSR count). The Morgan fingerprint density at radius 2 is 2.09 bits per heavy atom. The van der Waals surface area contributed by atoms with Gasteiger partial charge in [-0.05, 0) is 30.7 Å². The third-order valence-corrected chi connectivity index (χ3v) is 4.57. The Balaban J connectivity index is 2.14. The average Bonchev–Trinajstić information content (AvgIpc) is 2.45. The Hall–Kier alpha value is -1.61. The zero-order chi connectivity index (χ0) is 15.7. The number of anilines is 1. The molecule has 1 atom stereocenters. The number of rotatable bonds is 4. The van der Waals surface area contributed by atoms with E-state index >= 15 is 0 Å². The summed E-state index contributed by atoms with van der Waals surface area (Å²) in [6.07, 6.45) is 3.58. The number of nitrogens with zero attached hydrogens (tertiary/aromatic N) is 1. The van der Waals surface area contributed by atoms with Crippen molar-refractivity contribution in [2.45, 2.75) is 52.6 Å². The largest absolute Gasteiger partial charge is 0.388 e. The van der Waals surface area contributed by atoms with Crippen molar-refractivity contribution in [1.29, 1.82) is 0 Å². The van der Waals surface area contributed by atoms with E-state index in [-0.39, 0.29) is 5.41 Å². The normalized spacial score (nSPS) is 19.9. The predicted octanol–water partition coefficient (Wildman–Crippen LogP) is 4.45. The fourth-order valence-electron chi connectivity index (χ4n) is 3.50. The molecule has 3 nitrogen and oxygen atoms in total. The van der Waals surface area contributed by atoms with E-state index in [2.05, 4.69) is 38.2 Å². The molecule has 118 valence electrons. The van der Waals surface area contributed by atoms with Gasteiger partial charge in [0.05, 0.1) is 17.3 Å². The quantitative estimate of drug-likeness (QED) is 0.820. The second-order valence-electron chi connectivity index (χ2n) is 7.21. The second-order valence-corrected chi connectivity index (χ2v) is 7.21. The Labute approximate surface area is 132 Å². The van der Waals surface area contributed by atoms with Crippen LogP contribution in [0.15, 0.2) is 24.3 Å². The monoisotopic (exact) mass is 298 g/mol. The van der Waals surface area contributed by atoms with E-state index in [0.717, 1.165) is 60.1 Å². The summed E-state index contributed by atoms with van der Waals surface area (Å²) in [5.41, 5.74) is 4.29. The Kier molecular flexibility index (Phi) is 4.09. The minimum absolute atomic E-state index is 0.0998. The first-order valence-electron chi connectivity index (χ1n) is 8.35. The number of aliphatic hydroxyl groups is 1. The van der Waals surface area contributed by atoms with Gasteiger partial charge in [-0.1, -0.05) is 45.4 Å². The number of hydrogen-bond donors (Lipinski definition) is 2. The molecule has 0 saturated carbocycles. The van der Waals surface area contributed by atoms with Crippen molar-refractivity contribution in [3.8, 4) is 0 Å². The summed E-state index contributed by atoms with van der Waals surface area (Å²) in [6.45, 7) is 7.55. The maximum Gasteiger partial charge on any atom is 0.0833 e. The van der Waals surface area contributed by atoms with Crippen molar-refractivity contribution in [2.75, 3.05) is 11.9 Å². The molecule has 0 spiro atoms. The van der Waals surface area contributed by atoms with Gasteiger partial charge in [-0.15, -0.1) is 0 Å². The average molecular weight is 298 g/mol. The molecular formula is C19H26N2O. The van der Waals surface area contributed by atoms with Gasteiger partial charge in [0, 0.05) is 23.2 Å². The van der Waals surface area contributed by atoms with Gasteiger partial charge < -0.3 is 10.4 Å². The molecule has 1 unspecified atom stereocenters. The van der Waals surface area contributed by atoms with Crippen LogP contribution in [0.1, 0.15) is 57.4 Å². The number of aliphatic hydroxyl groups excluding tert-OH is 1. The zero-order valence-electron chi connectivity index (χ0n) is 13.8. The molecule has 0 bridgehead atoms. The van der Waals surface area contributed by atoms with Gasteiger partial charge in [-0.3, -0.25) is 4.98 Å². The third kappa shape index (κ3) is 2.82. The SMILES string of the molecule is CCCCNc1c2c(nc3ccccc13)CC(C)(C)CC2O. The molecule has 0 saturated heterocycles. The Morgan fingerprint density at radius 3 is 2.86 bits per heavy atom. The zero-order valence-corrected chi connectivity index (χ0v) is 13.8. The number of hydrogen-bond acceptors (Lipinski definition) is 3. The van der Waals surface area contributed by atoms with Crippen LogP contribution in [-0.2, 0) is 6.42 Å². The lowest BCUT2D eigenvalue weighted by Gasteiger charge is -2.35. The fourth-order valence-corrected chi connectivity index (χ4v) is 3.50. The van der Waals surface area contributed by atoms with Crippen molar-refractivity contribution in [3.63, 3.8) is 0 Å². The third-order valence-electron chi connectivity index (χ3n) is 4.57. The van der Waals surface area contributed by atoms with E-state index in [9.17, 15) is 5.11 Å². The van der Waals surface area contributed by atoms with Crippen molar-refractivity contribution < 1.29 is 5.11 Å². The molecule has 1 aromatic carbocycles.